The number of carbonyl (C=O) groups is 2. The zero-order valence-corrected chi connectivity index (χ0v) is 22.3. The summed E-state index contributed by atoms with van der Waals surface area (Å²) >= 11 is 2.42. The number of rotatable bonds is 10. The number of thiophene rings is 1. The van der Waals surface area contributed by atoms with E-state index in [0.29, 0.717) is 15.7 Å². The maximum absolute atomic E-state index is 12.9. The highest BCUT2D eigenvalue weighted by Gasteiger charge is 2.25. The molecule has 0 aliphatic heterocycles. The van der Waals surface area contributed by atoms with Crippen LogP contribution < -0.4 is 11.1 Å². The molecule has 35 heavy (non-hydrogen) atoms. The first-order chi connectivity index (χ1) is 16.4. The predicted octanol–water partition coefficient (Wildman–Crippen LogP) is 3.64. The minimum absolute atomic E-state index is 0.199. The predicted molar refractivity (Wildman–Crippen MR) is 139 cm³/mol. The smallest absolute Gasteiger partial charge is 0.251 e. The van der Waals surface area contributed by atoms with Crippen LogP contribution in [0.4, 0.5) is 5.00 Å². The van der Waals surface area contributed by atoms with Gasteiger partial charge in [-0.1, -0.05) is 35.5 Å². The van der Waals surface area contributed by atoms with E-state index in [1.807, 2.05) is 13.8 Å². The van der Waals surface area contributed by atoms with Crippen LogP contribution in [0.25, 0.3) is 0 Å². The number of thioether (sulfide) groups is 1. The van der Waals surface area contributed by atoms with Gasteiger partial charge in [-0.2, -0.15) is 0 Å². The zero-order chi connectivity index (χ0) is 25.9. The van der Waals surface area contributed by atoms with Crippen molar-refractivity contribution in [3.63, 3.8) is 0 Å². The number of allylic oxidation sites excluding steroid dienone is 1. The van der Waals surface area contributed by atoms with Gasteiger partial charge in [0.15, 0.2) is 15.0 Å². The van der Waals surface area contributed by atoms with Gasteiger partial charge < -0.3 is 15.6 Å². The summed E-state index contributed by atoms with van der Waals surface area (Å²) < 4.78 is 27.5. The third kappa shape index (κ3) is 6.00. The van der Waals surface area contributed by atoms with Crippen LogP contribution in [0.2, 0.25) is 0 Å². The van der Waals surface area contributed by atoms with Crippen molar-refractivity contribution in [1.82, 2.24) is 14.8 Å². The van der Waals surface area contributed by atoms with Crippen molar-refractivity contribution in [3.8, 4) is 0 Å². The van der Waals surface area contributed by atoms with Crippen LogP contribution in [0.3, 0.4) is 0 Å². The molecule has 1 aromatic carbocycles. The largest absolute Gasteiger partial charge is 0.365 e. The molecule has 0 spiro atoms. The van der Waals surface area contributed by atoms with E-state index in [4.69, 9.17) is 5.73 Å². The lowest BCUT2D eigenvalue weighted by Gasteiger charge is -2.13. The van der Waals surface area contributed by atoms with E-state index in [1.54, 1.807) is 48.8 Å². The Morgan fingerprint density at radius 3 is 2.49 bits per heavy atom. The molecular formula is C23H27N5O4S3. The van der Waals surface area contributed by atoms with Crippen LogP contribution in [0.15, 0.2) is 47.0 Å². The number of nitrogens with two attached hydrogens (primary N) is 1. The first-order valence-electron chi connectivity index (χ1n) is 10.6. The first-order valence-corrected chi connectivity index (χ1v) is 14.0. The van der Waals surface area contributed by atoms with E-state index in [0.717, 1.165) is 27.8 Å². The number of anilines is 1. The van der Waals surface area contributed by atoms with Gasteiger partial charge in [0.25, 0.3) is 5.91 Å². The van der Waals surface area contributed by atoms with Crippen molar-refractivity contribution in [1.29, 1.82) is 0 Å². The summed E-state index contributed by atoms with van der Waals surface area (Å²) in [6, 6.07) is 6.61. The molecule has 12 heteroatoms. The molecule has 2 heterocycles. The van der Waals surface area contributed by atoms with Gasteiger partial charge >= 0.3 is 0 Å². The van der Waals surface area contributed by atoms with Gasteiger partial charge in [0.1, 0.15) is 16.6 Å². The number of nitrogens with one attached hydrogen (secondary N) is 1. The summed E-state index contributed by atoms with van der Waals surface area (Å²) in [6.45, 7) is 11.2. The second kappa shape index (κ2) is 10.8. The van der Waals surface area contributed by atoms with Crippen LogP contribution in [0.5, 0.6) is 0 Å². The van der Waals surface area contributed by atoms with Gasteiger partial charge in [-0.3, -0.25) is 9.59 Å². The Morgan fingerprint density at radius 1 is 1.23 bits per heavy atom. The van der Waals surface area contributed by atoms with Crippen molar-refractivity contribution in [2.24, 2.45) is 5.73 Å². The number of carbonyl (C=O) groups excluding carboxylic acids is 2. The van der Waals surface area contributed by atoms with E-state index in [1.165, 1.54) is 11.3 Å². The molecule has 0 saturated heterocycles. The van der Waals surface area contributed by atoms with Crippen LogP contribution in [0.1, 0.15) is 39.1 Å². The maximum atomic E-state index is 12.9. The Kier molecular flexibility index (Phi) is 8.18. The van der Waals surface area contributed by atoms with Crippen molar-refractivity contribution in [2.45, 2.75) is 55.3 Å². The lowest BCUT2D eigenvalue weighted by atomic mass is 10.1. The molecule has 2 aromatic heterocycles. The highest BCUT2D eigenvalue weighted by molar-refractivity contribution is 8.00. The van der Waals surface area contributed by atoms with Gasteiger partial charge in [-0.25, -0.2) is 8.42 Å². The molecule has 0 aliphatic rings. The van der Waals surface area contributed by atoms with Gasteiger partial charge in [0, 0.05) is 11.4 Å². The third-order valence-electron chi connectivity index (χ3n) is 5.32. The Balaban J connectivity index is 1.80. The van der Waals surface area contributed by atoms with Crippen molar-refractivity contribution in [3.05, 3.63) is 64.3 Å². The van der Waals surface area contributed by atoms with Gasteiger partial charge in [0.2, 0.25) is 5.91 Å². The van der Waals surface area contributed by atoms with E-state index in [-0.39, 0.29) is 28.9 Å². The second-order valence-corrected chi connectivity index (χ2v) is 12.5. The number of aryl methyl sites for hydroxylation is 2. The summed E-state index contributed by atoms with van der Waals surface area (Å²) in [7, 11) is -3.65. The molecule has 1 unspecified atom stereocenters. The Hall–Kier alpha value is -2.96. The number of benzene rings is 1. The molecule has 3 N–H and O–H groups in total. The number of nitrogens with zero attached hydrogens (tertiary/aromatic N) is 3. The number of sulfone groups is 1. The van der Waals surface area contributed by atoms with Gasteiger partial charge in [-0.05, 0) is 45.4 Å². The average molecular weight is 534 g/mol. The monoisotopic (exact) mass is 533 g/mol. The van der Waals surface area contributed by atoms with Crippen LogP contribution in [-0.2, 0) is 26.9 Å². The van der Waals surface area contributed by atoms with Crippen molar-refractivity contribution < 1.29 is 18.0 Å². The van der Waals surface area contributed by atoms with Crippen molar-refractivity contribution in [2.75, 3.05) is 5.32 Å². The molecule has 0 aliphatic carbocycles. The summed E-state index contributed by atoms with van der Waals surface area (Å²) in [6.07, 6.45) is 1.61. The standard InChI is InChI=1S/C23H27N5O4S3/c1-6-11-28-18(12-35(31,32)17-9-7-13(2)8-10-17)26-27-23(28)34-16(5)21(30)25-22-19(20(24)29)14(3)15(4)33-22/h6-10,16H,1,11-12H2,2-5H3,(H2,24,29)(H,25,30). The highest BCUT2D eigenvalue weighted by atomic mass is 32.2. The van der Waals surface area contributed by atoms with E-state index in [2.05, 4.69) is 22.1 Å². The molecular weight excluding hydrogens is 506 g/mol. The van der Waals surface area contributed by atoms with E-state index in [9.17, 15) is 18.0 Å². The summed E-state index contributed by atoms with van der Waals surface area (Å²) in [5.74, 6) is -1.04. The lowest BCUT2D eigenvalue weighted by Crippen LogP contribution is -2.24. The van der Waals surface area contributed by atoms with Crippen LogP contribution in [0, 0.1) is 20.8 Å². The molecule has 0 fully saturated rings. The minimum Gasteiger partial charge on any atom is -0.365 e. The van der Waals surface area contributed by atoms with Crippen LogP contribution in [-0.4, -0.2) is 40.2 Å². The topological polar surface area (TPSA) is 137 Å². The van der Waals surface area contributed by atoms with E-state index < -0.39 is 21.0 Å². The maximum Gasteiger partial charge on any atom is 0.251 e. The van der Waals surface area contributed by atoms with Gasteiger partial charge in [-0.15, -0.1) is 28.1 Å². The minimum atomic E-state index is -3.65. The molecule has 3 rings (SSSR count). The molecule has 186 valence electrons. The number of primary amides is 1. The first kappa shape index (κ1) is 26.6. The Morgan fingerprint density at radius 2 is 1.89 bits per heavy atom. The molecule has 0 bridgehead atoms. The summed E-state index contributed by atoms with van der Waals surface area (Å²) in [5.41, 5.74) is 7.49. The van der Waals surface area contributed by atoms with Gasteiger partial charge in [0.05, 0.1) is 15.7 Å². The van der Waals surface area contributed by atoms with Crippen LogP contribution >= 0.6 is 23.1 Å². The SMILES string of the molecule is C=CCn1c(CS(=O)(=O)c2ccc(C)cc2)nnc1SC(C)C(=O)Nc1sc(C)c(C)c1C(N)=O. The molecule has 1 atom stereocenters. The third-order valence-corrected chi connectivity index (χ3v) is 9.16. The highest BCUT2D eigenvalue weighted by Crippen LogP contribution is 2.33. The Labute approximate surface area is 212 Å². The zero-order valence-electron chi connectivity index (χ0n) is 19.9. The van der Waals surface area contributed by atoms with Crippen molar-refractivity contribution >= 4 is 49.8 Å². The number of hydrogen-bond acceptors (Lipinski definition) is 8. The molecule has 3 aromatic rings. The van der Waals surface area contributed by atoms with E-state index >= 15 is 0 Å². The Bertz CT molecular complexity index is 1370. The number of amides is 2. The lowest BCUT2D eigenvalue weighted by molar-refractivity contribution is -0.115. The fourth-order valence-electron chi connectivity index (χ4n) is 3.26. The summed E-state index contributed by atoms with van der Waals surface area (Å²) in [4.78, 5) is 25.8. The number of hydrogen-bond donors (Lipinski definition) is 2. The second-order valence-electron chi connectivity index (χ2n) is 7.97. The molecule has 0 radical (unpaired) electrons. The quantitative estimate of drug-likeness (QED) is 0.300. The molecule has 9 nitrogen and oxygen atoms in total. The normalized spacial score (nSPS) is 12.3. The molecule has 0 saturated carbocycles. The summed E-state index contributed by atoms with van der Waals surface area (Å²) in [5, 5.41) is 11.2. The molecule has 2 amide bonds. The number of aromatic nitrogens is 3. The fraction of sp³-hybridized carbons (Fsp3) is 0.304. The fourth-order valence-corrected chi connectivity index (χ4v) is 6.48. The average Bonchev–Trinajstić information content (AvgIpc) is 3.27.